The Morgan fingerprint density at radius 1 is 1.37 bits per heavy atom. The first-order chi connectivity index (χ1) is 9.13. The molecule has 0 heterocycles. The highest BCUT2D eigenvalue weighted by Crippen LogP contribution is 2.38. The van der Waals surface area contributed by atoms with Gasteiger partial charge in [0.15, 0.2) is 5.78 Å². The first kappa shape index (κ1) is 13.5. The largest absolute Gasteiger partial charge is 0.465 e. The van der Waals surface area contributed by atoms with Gasteiger partial charge in [-0.1, -0.05) is 42.5 Å². The molecule has 2 atom stereocenters. The molecular weight excluding hydrogens is 240 g/mol. The summed E-state index contributed by atoms with van der Waals surface area (Å²) >= 11 is 0. The summed E-state index contributed by atoms with van der Waals surface area (Å²) in [6, 6.07) is 9.65. The Morgan fingerprint density at radius 2 is 2.05 bits per heavy atom. The predicted molar refractivity (Wildman–Crippen MR) is 72.7 cm³/mol. The van der Waals surface area contributed by atoms with Crippen LogP contribution in [0.1, 0.15) is 31.2 Å². The molecule has 2 unspecified atom stereocenters. The second-order valence-electron chi connectivity index (χ2n) is 4.84. The molecular formula is C16H18O3. The molecule has 1 aliphatic rings. The lowest BCUT2D eigenvalue weighted by molar-refractivity contribution is -0.153. The van der Waals surface area contributed by atoms with Crippen molar-refractivity contribution in [2.45, 2.75) is 25.7 Å². The van der Waals surface area contributed by atoms with E-state index in [1.807, 2.05) is 30.3 Å². The zero-order valence-corrected chi connectivity index (χ0v) is 11.1. The number of carbonyl (C=O) groups excluding carboxylic acids is 2. The molecule has 0 amide bonds. The smallest absolute Gasteiger partial charge is 0.317 e. The number of Topliss-reactive ketones (excluding diaryl/α,β-unsaturated/α-hetero) is 1. The van der Waals surface area contributed by atoms with Crippen molar-refractivity contribution in [3.63, 3.8) is 0 Å². The summed E-state index contributed by atoms with van der Waals surface area (Å²) in [5.41, 5.74) is 1.88. The fraction of sp³-hybridized carbons (Fsp3) is 0.375. The molecule has 19 heavy (non-hydrogen) atoms. The fourth-order valence-corrected chi connectivity index (χ4v) is 2.62. The number of rotatable bonds is 3. The van der Waals surface area contributed by atoms with E-state index in [9.17, 15) is 9.59 Å². The van der Waals surface area contributed by atoms with Gasteiger partial charge in [0.05, 0.1) is 6.61 Å². The minimum atomic E-state index is -0.687. The van der Waals surface area contributed by atoms with Gasteiger partial charge >= 0.3 is 5.97 Å². The highest BCUT2D eigenvalue weighted by Gasteiger charge is 2.40. The number of carbonyl (C=O) groups is 2. The predicted octanol–water partition coefficient (Wildman–Crippen LogP) is 2.87. The third kappa shape index (κ3) is 2.92. The Balaban J connectivity index is 2.32. The highest BCUT2D eigenvalue weighted by molar-refractivity contribution is 6.01. The molecule has 1 fully saturated rings. The molecule has 1 aliphatic carbocycles. The molecule has 2 rings (SSSR count). The van der Waals surface area contributed by atoms with Gasteiger partial charge in [-0.05, 0) is 18.9 Å². The van der Waals surface area contributed by atoms with Crippen LogP contribution in [0.2, 0.25) is 0 Å². The monoisotopic (exact) mass is 258 g/mol. The molecule has 0 N–H and O–H groups in total. The maximum Gasteiger partial charge on any atom is 0.317 e. The lowest BCUT2D eigenvalue weighted by Gasteiger charge is -2.30. The SMILES string of the molecule is C=C1CC(=O)C(C(=O)OCC)C(c2ccccc2)C1. The minimum Gasteiger partial charge on any atom is -0.465 e. The van der Waals surface area contributed by atoms with Crippen LogP contribution in [-0.2, 0) is 14.3 Å². The number of ketones is 1. The van der Waals surface area contributed by atoms with Crippen LogP contribution in [0.3, 0.4) is 0 Å². The standard InChI is InChI=1S/C16H18O3/c1-3-19-16(18)15-13(9-11(2)10-14(15)17)12-7-5-4-6-8-12/h4-8,13,15H,2-3,9-10H2,1H3. The molecule has 0 aliphatic heterocycles. The number of ether oxygens (including phenoxy) is 1. The van der Waals surface area contributed by atoms with Crippen LogP contribution in [0.15, 0.2) is 42.5 Å². The van der Waals surface area contributed by atoms with Crippen molar-refractivity contribution < 1.29 is 14.3 Å². The van der Waals surface area contributed by atoms with Gasteiger partial charge < -0.3 is 4.74 Å². The van der Waals surface area contributed by atoms with E-state index in [1.165, 1.54) is 0 Å². The molecule has 1 saturated carbocycles. The zero-order chi connectivity index (χ0) is 13.8. The topological polar surface area (TPSA) is 43.4 Å². The maximum atomic E-state index is 12.1. The lowest BCUT2D eigenvalue weighted by atomic mass is 9.73. The van der Waals surface area contributed by atoms with Crippen LogP contribution in [0.25, 0.3) is 0 Å². The van der Waals surface area contributed by atoms with Crippen molar-refractivity contribution in [2.24, 2.45) is 5.92 Å². The molecule has 0 saturated heterocycles. The maximum absolute atomic E-state index is 12.1. The van der Waals surface area contributed by atoms with E-state index in [-0.39, 0.29) is 18.1 Å². The van der Waals surface area contributed by atoms with Crippen LogP contribution in [0.5, 0.6) is 0 Å². The molecule has 1 aromatic rings. The van der Waals surface area contributed by atoms with Crippen molar-refractivity contribution >= 4 is 11.8 Å². The number of hydrogen-bond donors (Lipinski definition) is 0. The van der Waals surface area contributed by atoms with E-state index in [0.29, 0.717) is 13.0 Å². The van der Waals surface area contributed by atoms with Gasteiger partial charge in [-0.2, -0.15) is 0 Å². The van der Waals surface area contributed by atoms with Crippen molar-refractivity contribution in [1.29, 1.82) is 0 Å². The third-order valence-corrected chi connectivity index (χ3v) is 3.45. The Kier molecular flexibility index (Phi) is 4.15. The third-order valence-electron chi connectivity index (χ3n) is 3.45. The summed E-state index contributed by atoms with van der Waals surface area (Å²) in [4.78, 5) is 24.2. The first-order valence-corrected chi connectivity index (χ1v) is 6.54. The van der Waals surface area contributed by atoms with Crippen molar-refractivity contribution in [2.75, 3.05) is 6.61 Å². The molecule has 0 aromatic heterocycles. The Hall–Kier alpha value is -1.90. The zero-order valence-electron chi connectivity index (χ0n) is 11.1. The molecule has 100 valence electrons. The highest BCUT2D eigenvalue weighted by atomic mass is 16.5. The van der Waals surface area contributed by atoms with Gasteiger partial charge in [0.2, 0.25) is 0 Å². The van der Waals surface area contributed by atoms with Crippen molar-refractivity contribution in [3.8, 4) is 0 Å². The summed E-state index contributed by atoms with van der Waals surface area (Å²) in [7, 11) is 0. The van der Waals surface area contributed by atoms with E-state index < -0.39 is 11.9 Å². The van der Waals surface area contributed by atoms with Gasteiger partial charge in [-0.25, -0.2) is 0 Å². The van der Waals surface area contributed by atoms with E-state index >= 15 is 0 Å². The molecule has 0 bridgehead atoms. The summed E-state index contributed by atoms with van der Waals surface area (Å²) < 4.78 is 5.05. The number of esters is 1. The van der Waals surface area contributed by atoms with Crippen LogP contribution in [0, 0.1) is 5.92 Å². The van der Waals surface area contributed by atoms with Gasteiger partial charge in [0.1, 0.15) is 5.92 Å². The van der Waals surface area contributed by atoms with E-state index in [1.54, 1.807) is 6.92 Å². The minimum absolute atomic E-state index is 0.0800. The molecule has 0 radical (unpaired) electrons. The van der Waals surface area contributed by atoms with Gasteiger partial charge in [-0.3, -0.25) is 9.59 Å². The summed E-state index contributed by atoms with van der Waals surface area (Å²) in [5.74, 6) is -1.32. The molecule has 1 aromatic carbocycles. The van der Waals surface area contributed by atoms with E-state index in [0.717, 1.165) is 11.1 Å². The Morgan fingerprint density at radius 3 is 2.68 bits per heavy atom. The average molecular weight is 258 g/mol. The number of benzene rings is 1. The van der Waals surface area contributed by atoms with Gasteiger partial charge in [0, 0.05) is 12.3 Å². The Bertz CT molecular complexity index is 490. The van der Waals surface area contributed by atoms with Crippen LogP contribution < -0.4 is 0 Å². The lowest BCUT2D eigenvalue weighted by Crippen LogP contribution is -2.35. The second kappa shape index (κ2) is 5.83. The van der Waals surface area contributed by atoms with Crippen LogP contribution >= 0.6 is 0 Å². The molecule has 0 spiro atoms. The van der Waals surface area contributed by atoms with Crippen LogP contribution in [0.4, 0.5) is 0 Å². The summed E-state index contributed by atoms with van der Waals surface area (Å²) in [5, 5.41) is 0. The quantitative estimate of drug-likeness (QED) is 0.475. The van der Waals surface area contributed by atoms with Gasteiger partial charge in [0.25, 0.3) is 0 Å². The van der Waals surface area contributed by atoms with Crippen molar-refractivity contribution in [1.82, 2.24) is 0 Å². The van der Waals surface area contributed by atoms with Crippen LogP contribution in [-0.4, -0.2) is 18.4 Å². The molecule has 3 heteroatoms. The number of hydrogen-bond acceptors (Lipinski definition) is 3. The second-order valence-corrected chi connectivity index (χ2v) is 4.84. The number of allylic oxidation sites excluding steroid dienone is 1. The fourth-order valence-electron chi connectivity index (χ4n) is 2.62. The average Bonchev–Trinajstić information content (AvgIpc) is 2.39. The first-order valence-electron chi connectivity index (χ1n) is 6.54. The molecule has 3 nitrogen and oxygen atoms in total. The Labute approximate surface area is 113 Å². The van der Waals surface area contributed by atoms with Gasteiger partial charge in [-0.15, -0.1) is 0 Å². The van der Waals surface area contributed by atoms with E-state index in [2.05, 4.69) is 6.58 Å². The van der Waals surface area contributed by atoms with Crippen molar-refractivity contribution in [3.05, 3.63) is 48.0 Å². The normalized spacial score (nSPS) is 23.2. The van der Waals surface area contributed by atoms with E-state index in [4.69, 9.17) is 4.74 Å². The summed E-state index contributed by atoms with van der Waals surface area (Å²) in [6.45, 7) is 5.96. The summed E-state index contributed by atoms with van der Waals surface area (Å²) in [6.07, 6.45) is 0.950.